The first-order chi connectivity index (χ1) is 12.7. The lowest BCUT2D eigenvalue weighted by molar-refractivity contribution is -0.117. The normalized spacial score (nSPS) is 12.6. The summed E-state index contributed by atoms with van der Waals surface area (Å²) < 4.78 is 0. The van der Waals surface area contributed by atoms with Crippen molar-refractivity contribution in [3.63, 3.8) is 0 Å². The van der Waals surface area contributed by atoms with Gasteiger partial charge in [-0.1, -0.05) is 32.9 Å². The summed E-state index contributed by atoms with van der Waals surface area (Å²) in [7, 11) is 0. The third-order valence-corrected chi connectivity index (χ3v) is 4.46. The molecule has 0 saturated heterocycles. The van der Waals surface area contributed by atoms with E-state index in [-0.39, 0.29) is 17.2 Å². The molecule has 0 aliphatic carbocycles. The summed E-state index contributed by atoms with van der Waals surface area (Å²) in [6, 6.07) is 12.3. The molecule has 6 heteroatoms. The lowest BCUT2D eigenvalue weighted by atomic mass is 9.86. The number of nitrogens with zero attached hydrogens (tertiary/aromatic N) is 1. The summed E-state index contributed by atoms with van der Waals surface area (Å²) in [5, 5.41) is 13.3. The van der Waals surface area contributed by atoms with Crippen LogP contribution in [0.2, 0.25) is 0 Å². The second-order valence-corrected chi connectivity index (χ2v) is 7.68. The van der Waals surface area contributed by atoms with Crippen LogP contribution < -0.4 is 10.6 Å². The highest BCUT2D eigenvalue weighted by atomic mass is 16.2. The van der Waals surface area contributed by atoms with Crippen molar-refractivity contribution >= 4 is 28.4 Å². The van der Waals surface area contributed by atoms with E-state index < -0.39 is 6.04 Å². The lowest BCUT2D eigenvalue weighted by Gasteiger charge is -2.19. The van der Waals surface area contributed by atoms with Gasteiger partial charge in [0.25, 0.3) is 5.91 Å². The molecule has 2 amide bonds. The van der Waals surface area contributed by atoms with Crippen LogP contribution in [-0.2, 0) is 10.2 Å². The van der Waals surface area contributed by atoms with Gasteiger partial charge in [-0.25, -0.2) is 0 Å². The van der Waals surface area contributed by atoms with Gasteiger partial charge in [0.1, 0.15) is 6.04 Å². The maximum atomic E-state index is 12.4. The SMILES string of the molecule is CC(NC(=O)c1ccc(C(C)(C)C)cc1)C(=O)Nc1ccc2[nH]ncc2c1. The molecule has 1 aromatic heterocycles. The second kappa shape index (κ2) is 7.23. The third kappa shape index (κ3) is 4.34. The molecular formula is C21H24N4O2. The van der Waals surface area contributed by atoms with Crippen molar-refractivity contribution in [1.29, 1.82) is 0 Å². The first-order valence-electron chi connectivity index (χ1n) is 8.89. The number of aromatic amines is 1. The molecule has 27 heavy (non-hydrogen) atoms. The van der Waals surface area contributed by atoms with E-state index in [2.05, 4.69) is 41.6 Å². The maximum absolute atomic E-state index is 12.4. The average molecular weight is 364 g/mol. The standard InChI is InChI=1S/C21H24N4O2/c1-13(19(26)24-17-9-10-18-15(11-17)12-22-25-18)23-20(27)14-5-7-16(8-6-14)21(2,3)4/h5-13H,1-4H3,(H,22,25)(H,23,27)(H,24,26). The minimum atomic E-state index is -0.667. The van der Waals surface area contributed by atoms with E-state index in [0.29, 0.717) is 11.3 Å². The van der Waals surface area contributed by atoms with E-state index in [1.165, 1.54) is 0 Å². The zero-order chi connectivity index (χ0) is 19.6. The molecule has 3 N–H and O–H groups in total. The summed E-state index contributed by atoms with van der Waals surface area (Å²) >= 11 is 0. The van der Waals surface area contributed by atoms with Crippen LogP contribution in [0.3, 0.4) is 0 Å². The molecule has 0 aliphatic heterocycles. The molecule has 0 aliphatic rings. The largest absolute Gasteiger partial charge is 0.341 e. The Morgan fingerprint density at radius 2 is 1.78 bits per heavy atom. The Bertz CT molecular complexity index is 968. The minimum Gasteiger partial charge on any atom is -0.341 e. The van der Waals surface area contributed by atoms with Gasteiger partial charge in [-0.3, -0.25) is 14.7 Å². The van der Waals surface area contributed by atoms with Gasteiger partial charge in [-0.05, 0) is 48.2 Å². The zero-order valence-corrected chi connectivity index (χ0v) is 16.0. The Kier molecular flexibility index (Phi) is 4.99. The summed E-state index contributed by atoms with van der Waals surface area (Å²) in [5.74, 6) is -0.555. The van der Waals surface area contributed by atoms with Crippen LogP contribution in [0.1, 0.15) is 43.6 Å². The molecule has 0 fully saturated rings. The fourth-order valence-electron chi connectivity index (χ4n) is 2.74. The Balaban J connectivity index is 1.62. The van der Waals surface area contributed by atoms with Crippen LogP contribution in [0.15, 0.2) is 48.7 Å². The van der Waals surface area contributed by atoms with Gasteiger partial charge in [-0.15, -0.1) is 0 Å². The number of hydrogen-bond acceptors (Lipinski definition) is 3. The van der Waals surface area contributed by atoms with Gasteiger partial charge in [0.05, 0.1) is 11.7 Å². The number of benzene rings is 2. The van der Waals surface area contributed by atoms with Crippen molar-refractivity contribution in [1.82, 2.24) is 15.5 Å². The number of amides is 2. The second-order valence-electron chi connectivity index (χ2n) is 7.68. The van der Waals surface area contributed by atoms with E-state index in [1.54, 1.807) is 31.3 Å². The van der Waals surface area contributed by atoms with E-state index >= 15 is 0 Å². The number of rotatable bonds is 4. The van der Waals surface area contributed by atoms with Crippen LogP contribution >= 0.6 is 0 Å². The number of H-pyrrole nitrogens is 1. The van der Waals surface area contributed by atoms with Crippen LogP contribution in [0, 0.1) is 0 Å². The molecule has 1 unspecified atom stereocenters. The van der Waals surface area contributed by atoms with Crippen LogP contribution in [0.25, 0.3) is 10.9 Å². The molecule has 3 rings (SSSR count). The number of carbonyl (C=O) groups is 2. The van der Waals surface area contributed by atoms with Crippen LogP contribution in [-0.4, -0.2) is 28.1 Å². The van der Waals surface area contributed by atoms with E-state index in [0.717, 1.165) is 16.5 Å². The van der Waals surface area contributed by atoms with Crippen molar-refractivity contribution in [3.8, 4) is 0 Å². The molecule has 140 valence electrons. The quantitative estimate of drug-likeness (QED) is 0.661. The number of anilines is 1. The fourth-order valence-corrected chi connectivity index (χ4v) is 2.74. The van der Waals surface area contributed by atoms with Gasteiger partial charge in [0.15, 0.2) is 0 Å². The first-order valence-corrected chi connectivity index (χ1v) is 8.89. The zero-order valence-electron chi connectivity index (χ0n) is 16.0. The molecule has 1 heterocycles. The highest BCUT2D eigenvalue weighted by Crippen LogP contribution is 2.22. The Morgan fingerprint density at radius 3 is 2.44 bits per heavy atom. The van der Waals surface area contributed by atoms with Crippen molar-refractivity contribution in [2.24, 2.45) is 0 Å². The predicted molar refractivity (Wildman–Crippen MR) is 107 cm³/mol. The first kappa shape index (κ1) is 18.6. The summed E-state index contributed by atoms with van der Waals surface area (Å²) in [4.78, 5) is 24.8. The Hall–Kier alpha value is -3.15. The molecule has 6 nitrogen and oxygen atoms in total. The number of hydrogen-bond donors (Lipinski definition) is 3. The van der Waals surface area contributed by atoms with Crippen LogP contribution in [0.5, 0.6) is 0 Å². The maximum Gasteiger partial charge on any atom is 0.251 e. The van der Waals surface area contributed by atoms with E-state index in [9.17, 15) is 9.59 Å². The van der Waals surface area contributed by atoms with Gasteiger partial charge in [0.2, 0.25) is 5.91 Å². The number of carbonyl (C=O) groups excluding carboxylic acids is 2. The van der Waals surface area contributed by atoms with Crippen molar-refractivity contribution < 1.29 is 9.59 Å². The molecule has 3 aromatic rings. The number of aromatic nitrogens is 2. The van der Waals surface area contributed by atoms with E-state index in [1.807, 2.05) is 24.3 Å². The van der Waals surface area contributed by atoms with Crippen LogP contribution in [0.4, 0.5) is 5.69 Å². The number of fused-ring (bicyclic) bond motifs is 1. The topological polar surface area (TPSA) is 86.9 Å². The smallest absolute Gasteiger partial charge is 0.251 e. The fraction of sp³-hybridized carbons (Fsp3) is 0.286. The van der Waals surface area contributed by atoms with Crippen molar-refractivity contribution in [2.45, 2.75) is 39.2 Å². The molecular weight excluding hydrogens is 340 g/mol. The van der Waals surface area contributed by atoms with Crippen molar-refractivity contribution in [3.05, 3.63) is 59.8 Å². The predicted octanol–water partition coefficient (Wildman–Crippen LogP) is 3.62. The highest BCUT2D eigenvalue weighted by molar-refractivity contribution is 6.01. The minimum absolute atomic E-state index is 0.0261. The van der Waals surface area contributed by atoms with E-state index in [4.69, 9.17) is 0 Å². The Morgan fingerprint density at radius 1 is 1.07 bits per heavy atom. The number of nitrogens with one attached hydrogen (secondary N) is 3. The van der Waals surface area contributed by atoms with Crippen molar-refractivity contribution in [2.75, 3.05) is 5.32 Å². The average Bonchev–Trinajstić information content (AvgIpc) is 3.08. The molecule has 1 atom stereocenters. The van der Waals surface area contributed by atoms with Gasteiger partial charge in [-0.2, -0.15) is 5.10 Å². The summed E-state index contributed by atoms with van der Waals surface area (Å²) in [6.07, 6.45) is 1.69. The summed E-state index contributed by atoms with van der Waals surface area (Å²) in [5.41, 5.74) is 3.26. The monoisotopic (exact) mass is 364 g/mol. The van der Waals surface area contributed by atoms with Gasteiger partial charge < -0.3 is 10.6 Å². The lowest BCUT2D eigenvalue weighted by Crippen LogP contribution is -2.41. The van der Waals surface area contributed by atoms with Gasteiger partial charge >= 0.3 is 0 Å². The van der Waals surface area contributed by atoms with Gasteiger partial charge in [0, 0.05) is 16.6 Å². The molecule has 2 aromatic carbocycles. The molecule has 0 radical (unpaired) electrons. The highest BCUT2D eigenvalue weighted by Gasteiger charge is 2.18. The molecule has 0 saturated carbocycles. The summed E-state index contributed by atoms with van der Waals surface area (Å²) in [6.45, 7) is 8.02. The third-order valence-electron chi connectivity index (χ3n) is 4.46. The molecule has 0 bridgehead atoms. The molecule has 0 spiro atoms. The Labute approximate surface area is 158 Å².